The predicted molar refractivity (Wildman–Crippen MR) is 75.4 cm³/mol. The van der Waals surface area contributed by atoms with Crippen LogP contribution in [0.25, 0.3) is 0 Å². The molecule has 20 heavy (non-hydrogen) atoms. The summed E-state index contributed by atoms with van der Waals surface area (Å²) in [7, 11) is -3.49. The lowest BCUT2D eigenvalue weighted by Gasteiger charge is -2.29. The molecule has 1 aliphatic rings. The molecule has 2 heterocycles. The van der Waals surface area contributed by atoms with E-state index in [1.165, 1.54) is 22.8 Å². The molecule has 0 aromatic carbocycles. The molecule has 0 atom stereocenters. The summed E-state index contributed by atoms with van der Waals surface area (Å²) >= 11 is 0. The number of aliphatic hydroxyl groups is 1. The van der Waals surface area contributed by atoms with Gasteiger partial charge in [0.1, 0.15) is 11.5 Å². The largest absolute Gasteiger partial charge is 0.384 e. The smallest absolute Gasteiger partial charge is 0.244 e. The normalized spacial score (nSPS) is 17.5. The predicted octanol–water partition coefficient (Wildman–Crippen LogP) is 0.846. The number of piperidine rings is 1. The van der Waals surface area contributed by atoms with Gasteiger partial charge in [-0.05, 0) is 24.8 Å². The van der Waals surface area contributed by atoms with E-state index in [1.54, 1.807) is 0 Å². The summed E-state index contributed by atoms with van der Waals surface area (Å²) in [5.41, 5.74) is 0.491. The van der Waals surface area contributed by atoms with Gasteiger partial charge in [0, 0.05) is 31.0 Å². The summed E-state index contributed by atoms with van der Waals surface area (Å²) < 4.78 is 26.5. The molecule has 108 valence electrons. The van der Waals surface area contributed by atoms with Gasteiger partial charge in [-0.2, -0.15) is 4.31 Å². The molecule has 1 fully saturated rings. The lowest BCUT2D eigenvalue weighted by Crippen LogP contribution is -2.37. The van der Waals surface area contributed by atoms with E-state index in [0.29, 0.717) is 24.6 Å². The van der Waals surface area contributed by atoms with Crippen LogP contribution in [0.4, 0.5) is 0 Å². The zero-order chi connectivity index (χ0) is 14.6. The molecule has 0 saturated carbocycles. The van der Waals surface area contributed by atoms with Gasteiger partial charge in [-0.1, -0.05) is 18.8 Å². The number of aliphatic hydroxyl groups excluding tert-OH is 1. The molecule has 0 amide bonds. The van der Waals surface area contributed by atoms with Crippen molar-refractivity contribution < 1.29 is 13.5 Å². The number of aromatic nitrogens is 1. The summed E-state index contributed by atoms with van der Waals surface area (Å²) in [6, 6.07) is 1.50. The number of rotatable bonds is 2. The second-order valence-corrected chi connectivity index (χ2v) is 6.89. The Bertz CT molecular complexity index is 623. The first-order chi connectivity index (χ1) is 9.54. The van der Waals surface area contributed by atoms with Crippen molar-refractivity contribution in [2.24, 2.45) is 5.92 Å². The zero-order valence-electron chi connectivity index (χ0n) is 11.4. The lowest BCUT2D eigenvalue weighted by atomic mass is 10.0. The van der Waals surface area contributed by atoms with Crippen molar-refractivity contribution in [3.63, 3.8) is 0 Å². The fourth-order valence-electron chi connectivity index (χ4n) is 2.14. The fourth-order valence-corrected chi connectivity index (χ4v) is 3.60. The standard InChI is InChI=1S/C14H18N2O3S/c1-12-4-6-16(7-5-12)20(18,19)14-9-13(3-2-8-17)10-15-11-14/h9-12,17H,4-8H2,1H3. The number of sulfonamides is 1. The van der Waals surface area contributed by atoms with Gasteiger partial charge in [0.2, 0.25) is 10.0 Å². The van der Waals surface area contributed by atoms with Crippen LogP contribution in [-0.4, -0.2) is 42.5 Å². The summed E-state index contributed by atoms with van der Waals surface area (Å²) in [5, 5.41) is 8.66. The van der Waals surface area contributed by atoms with Crippen LogP contribution < -0.4 is 0 Å². The second kappa shape index (κ2) is 6.35. The van der Waals surface area contributed by atoms with Crippen LogP contribution in [0.1, 0.15) is 25.3 Å². The minimum atomic E-state index is -3.49. The third kappa shape index (κ3) is 3.37. The molecule has 0 unspecified atom stereocenters. The third-order valence-electron chi connectivity index (χ3n) is 3.41. The molecular formula is C14H18N2O3S. The summed E-state index contributed by atoms with van der Waals surface area (Å²) in [6.45, 7) is 2.98. The lowest BCUT2D eigenvalue weighted by molar-refractivity contribution is 0.288. The van der Waals surface area contributed by atoms with Gasteiger partial charge < -0.3 is 5.11 Å². The zero-order valence-corrected chi connectivity index (χ0v) is 12.2. The third-order valence-corrected chi connectivity index (χ3v) is 5.27. The molecule has 2 rings (SSSR count). The average Bonchev–Trinajstić information content (AvgIpc) is 2.46. The monoisotopic (exact) mass is 294 g/mol. The Hall–Kier alpha value is -1.42. The van der Waals surface area contributed by atoms with E-state index < -0.39 is 10.0 Å². The molecule has 0 aliphatic carbocycles. The Balaban J connectivity index is 2.25. The number of hydrogen-bond acceptors (Lipinski definition) is 4. The summed E-state index contributed by atoms with van der Waals surface area (Å²) in [4.78, 5) is 4.09. The first kappa shape index (κ1) is 15.0. The van der Waals surface area contributed by atoms with Crippen LogP contribution in [0, 0.1) is 17.8 Å². The van der Waals surface area contributed by atoms with E-state index in [0.717, 1.165) is 12.8 Å². The minimum Gasteiger partial charge on any atom is -0.384 e. The Morgan fingerprint density at radius 2 is 2.10 bits per heavy atom. The van der Waals surface area contributed by atoms with Crippen LogP contribution in [0.2, 0.25) is 0 Å². The maximum Gasteiger partial charge on any atom is 0.244 e. The highest BCUT2D eigenvalue weighted by atomic mass is 32.2. The maximum atomic E-state index is 12.5. The van der Waals surface area contributed by atoms with Gasteiger partial charge >= 0.3 is 0 Å². The van der Waals surface area contributed by atoms with Crippen molar-refractivity contribution in [3.05, 3.63) is 24.0 Å². The van der Waals surface area contributed by atoms with Crippen LogP contribution in [0.3, 0.4) is 0 Å². The first-order valence-corrected chi connectivity index (χ1v) is 8.03. The van der Waals surface area contributed by atoms with Crippen LogP contribution in [0.15, 0.2) is 23.4 Å². The van der Waals surface area contributed by atoms with Crippen molar-refractivity contribution in [1.29, 1.82) is 0 Å². The highest BCUT2D eigenvalue weighted by molar-refractivity contribution is 7.89. The van der Waals surface area contributed by atoms with Crippen molar-refractivity contribution in [3.8, 4) is 11.8 Å². The highest BCUT2D eigenvalue weighted by Crippen LogP contribution is 2.23. The molecule has 6 heteroatoms. The van der Waals surface area contributed by atoms with Crippen LogP contribution in [-0.2, 0) is 10.0 Å². The number of nitrogens with zero attached hydrogens (tertiary/aromatic N) is 2. The Labute approximate surface area is 119 Å². The van der Waals surface area contributed by atoms with Crippen LogP contribution in [0.5, 0.6) is 0 Å². The topological polar surface area (TPSA) is 70.5 Å². The number of pyridine rings is 1. The Morgan fingerprint density at radius 3 is 2.75 bits per heavy atom. The van der Waals surface area contributed by atoms with Crippen molar-refractivity contribution in [2.45, 2.75) is 24.7 Å². The summed E-state index contributed by atoms with van der Waals surface area (Å²) in [5.74, 6) is 5.73. The van der Waals surface area contributed by atoms with Crippen LogP contribution >= 0.6 is 0 Å². The van der Waals surface area contributed by atoms with E-state index in [1.807, 2.05) is 0 Å². The Kier molecular flexibility index (Phi) is 4.76. The molecular weight excluding hydrogens is 276 g/mol. The fraction of sp³-hybridized carbons (Fsp3) is 0.500. The second-order valence-electron chi connectivity index (χ2n) is 4.96. The number of hydrogen-bond donors (Lipinski definition) is 1. The molecule has 0 spiro atoms. The van der Waals surface area contributed by atoms with E-state index in [9.17, 15) is 8.42 Å². The van der Waals surface area contributed by atoms with Crippen molar-refractivity contribution in [2.75, 3.05) is 19.7 Å². The van der Waals surface area contributed by atoms with Gasteiger partial charge in [0.25, 0.3) is 0 Å². The van der Waals surface area contributed by atoms with E-state index in [4.69, 9.17) is 5.11 Å². The van der Waals surface area contributed by atoms with Gasteiger partial charge in [0.05, 0.1) is 0 Å². The first-order valence-electron chi connectivity index (χ1n) is 6.59. The molecule has 0 bridgehead atoms. The Morgan fingerprint density at radius 1 is 1.40 bits per heavy atom. The average molecular weight is 294 g/mol. The highest BCUT2D eigenvalue weighted by Gasteiger charge is 2.28. The van der Waals surface area contributed by atoms with E-state index in [2.05, 4.69) is 23.7 Å². The molecule has 1 aliphatic heterocycles. The van der Waals surface area contributed by atoms with E-state index in [-0.39, 0.29) is 11.5 Å². The van der Waals surface area contributed by atoms with Gasteiger partial charge in [0.15, 0.2) is 0 Å². The molecule has 1 aromatic rings. The molecule has 0 radical (unpaired) electrons. The molecule has 5 nitrogen and oxygen atoms in total. The SMILES string of the molecule is CC1CCN(S(=O)(=O)c2cncc(C#CCO)c2)CC1. The van der Waals surface area contributed by atoms with Gasteiger partial charge in [-0.3, -0.25) is 4.98 Å². The molecule has 1 saturated heterocycles. The van der Waals surface area contributed by atoms with Crippen molar-refractivity contribution >= 4 is 10.0 Å². The minimum absolute atomic E-state index is 0.164. The van der Waals surface area contributed by atoms with Crippen molar-refractivity contribution in [1.82, 2.24) is 9.29 Å². The molecule has 1 aromatic heterocycles. The maximum absolute atomic E-state index is 12.5. The van der Waals surface area contributed by atoms with Gasteiger partial charge in [-0.15, -0.1) is 0 Å². The quantitative estimate of drug-likeness (QED) is 0.821. The summed E-state index contributed by atoms with van der Waals surface area (Å²) in [6.07, 6.45) is 4.60. The molecule has 1 N–H and O–H groups in total. The van der Waals surface area contributed by atoms with E-state index >= 15 is 0 Å². The van der Waals surface area contributed by atoms with Gasteiger partial charge in [-0.25, -0.2) is 8.42 Å².